The van der Waals surface area contributed by atoms with Gasteiger partial charge in [-0.15, -0.1) is 5.92 Å². The first-order valence-corrected chi connectivity index (χ1v) is 5.91. The molecule has 0 saturated carbocycles. The van der Waals surface area contributed by atoms with E-state index in [1.54, 1.807) is 0 Å². The summed E-state index contributed by atoms with van der Waals surface area (Å²) in [4.78, 5) is 0. The second kappa shape index (κ2) is 7.09. The van der Waals surface area contributed by atoms with Crippen molar-refractivity contribution < 1.29 is 0 Å². The Morgan fingerprint density at radius 2 is 1.88 bits per heavy atom. The Hall–Kier alpha value is -1.26. The van der Waals surface area contributed by atoms with Crippen LogP contribution in [0.5, 0.6) is 0 Å². The van der Waals surface area contributed by atoms with Gasteiger partial charge in [-0.25, -0.2) is 0 Å². The van der Waals surface area contributed by atoms with Crippen molar-refractivity contribution in [3.8, 4) is 11.8 Å². The highest BCUT2D eigenvalue weighted by Crippen LogP contribution is 2.23. The molecule has 0 aliphatic rings. The summed E-state index contributed by atoms with van der Waals surface area (Å²) < 4.78 is 0. The van der Waals surface area contributed by atoms with Gasteiger partial charge in [0.1, 0.15) is 0 Å². The van der Waals surface area contributed by atoms with Crippen LogP contribution in [-0.4, -0.2) is 13.1 Å². The van der Waals surface area contributed by atoms with E-state index in [0.29, 0.717) is 11.8 Å². The molecule has 1 aromatic carbocycles. The van der Waals surface area contributed by atoms with Gasteiger partial charge < -0.3 is 5.32 Å². The van der Waals surface area contributed by atoms with Gasteiger partial charge in [-0.3, -0.25) is 0 Å². The van der Waals surface area contributed by atoms with Crippen LogP contribution in [0, 0.1) is 17.8 Å². The van der Waals surface area contributed by atoms with Crippen LogP contribution in [0.3, 0.4) is 0 Å². The zero-order valence-electron chi connectivity index (χ0n) is 10.5. The van der Waals surface area contributed by atoms with Crippen molar-refractivity contribution in [2.45, 2.75) is 26.7 Å². The van der Waals surface area contributed by atoms with Crippen LogP contribution in [-0.2, 0) is 0 Å². The second-order valence-corrected chi connectivity index (χ2v) is 4.32. The molecule has 1 aromatic rings. The molecule has 0 heterocycles. The van der Waals surface area contributed by atoms with Gasteiger partial charge >= 0.3 is 0 Å². The van der Waals surface area contributed by atoms with Crippen LogP contribution in [0.15, 0.2) is 30.3 Å². The molecule has 0 aliphatic heterocycles. The quantitative estimate of drug-likeness (QED) is 0.588. The van der Waals surface area contributed by atoms with Crippen molar-refractivity contribution >= 4 is 0 Å². The van der Waals surface area contributed by atoms with Crippen LogP contribution < -0.4 is 5.32 Å². The summed E-state index contributed by atoms with van der Waals surface area (Å²) in [5.41, 5.74) is 1.41. The molecule has 0 fully saturated rings. The van der Waals surface area contributed by atoms with Crippen LogP contribution >= 0.6 is 0 Å². The first kappa shape index (κ1) is 12.8. The number of hydrogen-bond donors (Lipinski definition) is 1. The molecule has 0 bridgehead atoms. The lowest BCUT2D eigenvalue weighted by atomic mass is 9.88. The third-order valence-electron chi connectivity index (χ3n) is 2.79. The predicted molar refractivity (Wildman–Crippen MR) is 70.3 cm³/mol. The van der Waals surface area contributed by atoms with Gasteiger partial charge in [0.15, 0.2) is 0 Å². The van der Waals surface area contributed by atoms with E-state index in [0.717, 1.165) is 13.1 Å². The molecule has 1 atom stereocenters. The SMILES string of the molecule is CC#CCNCC(c1ccccc1)C(C)C. The smallest absolute Gasteiger partial charge is 0.0576 e. The molecule has 0 aromatic heterocycles. The van der Waals surface area contributed by atoms with Gasteiger partial charge in [0, 0.05) is 6.54 Å². The van der Waals surface area contributed by atoms with Gasteiger partial charge in [0.2, 0.25) is 0 Å². The Labute approximate surface area is 99.3 Å². The minimum Gasteiger partial charge on any atom is -0.306 e. The van der Waals surface area contributed by atoms with E-state index >= 15 is 0 Å². The molecular formula is C15H21N. The number of hydrogen-bond acceptors (Lipinski definition) is 1. The molecule has 0 spiro atoms. The molecule has 1 rings (SSSR count). The van der Waals surface area contributed by atoms with Gasteiger partial charge in [-0.05, 0) is 24.3 Å². The normalized spacial score (nSPS) is 12.0. The molecule has 0 amide bonds. The Kier molecular flexibility index (Phi) is 5.67. The van der Waals surface area contributed by atoms with Crippen molar-refractivity contribution in [2.75, 3.05) is 13.1 Å². The average Bonchev–Trinajstić information content (AvgIpc) is 2.30. The topological polar surface area (TPSA) is 12.0 Å². The fraction of sp³-hybridized carbons (Fsp3) is 0.467. The standard InChI is InChI=1S/C15H21N/c1-4-5-11-16-12-15(13(2)3)14-9-7-6-8-10-14/h6-10,13,15-16H,11-12H2,1-3H3. The van der Waals surface area contributed by atoms with Crippen LogP contribution in [0.2, 0.25) is 0 Å². The van der Waals surface area contributed by atoms with E-state index in [2.05, 4.69) is 61.3 Å². The minimum atomic E-state index is 0.569. The zero-order valence-corrected chi connectivity index (χ0v) is 10.5. The summed E-state index contributed by atoms with van der Waals surface area (Å²) in [7, 11) is 0. The maximum absolute atomic E-state index is 3.39. The van der Waals surface area contributed by atoms with E-state index in [4.69, 9.17) is 0 Å². The van der Waals surface area contributed by atoms with Crippen molar-refractivity contribution in [1.82, 2.24) is 5.32 Å². The van der Waals surface area contributed by atoms with E-state index in [1.165, 1.54) is 5.56 Å². The van der Waals surface area contributed by atoms with Crippen molar-refractivity contribution in [2.24, 2.45) is 5.92 Å². The Morgan fingerprint density at radius 1 is 1.19 bits per heavy atom. The lowest BCUT2D eigenvalue weighted by Crippen LogP contribution is -2.25. The van der Waals surface area contributed by atoms with Gasteiger partial charge in [-0.2, -0.15) is 0 Å². The molecule has 1 unspecified atom stereocenters. The minimum absolute atomic E-state index is 0.569. The molecule has 1 N–H and O–H groups in total. The van der Waals surface area contributed by atoms with Crippen LogP contribution in [0.1, 0.15) is 32.3 Å². The van der Waals surface area contributed by atoms with Gasteiger partial charge in [-0.1, -0.05) is 50.1 Å². The summed E-state index contributed by atoms with van der Waals surface area (Å²) in [6.45, 7) is 8.19. The van der Waals surface area contributed by atoms with Crippen LogP contribution in [0.4, 0.5) is 0 Å². The highest BCUT2D eigenvalue weighted by atomic mass is 14.8. The van der Waals surface area contributed by atoms with Gasteiger partial charge in [0.25, 0.3) is 0 Å². The van der Waals surface area contributed by atoms with Gasteiger partial charge in [0.05, 0.1) is 6.54 Å². The van der Waals surface area contributed by atoms with E-state index in [1.807, 2.05) is 6.92 Å². The lowest BCUT2D eigenvalue weighted by Gasteiger charge is -2.21. The Bertz CT molecular complexity index is 343. The third-order valence-corrected chi connectivity index (χ3v) is 2.79. The summed E-state index contributed by atoms with van der Waals surface area (Å²) >= 11 is 0. The fourth-order valence-corrected chi connectivity index (χ4v) is 1.82. The molecule has 16 heavy (non-hydrogen) atoms. The average molecular weight is 215 g/mol. The molecule has 1 heteroatoms. The molecule has 0 saturated heterocycles. The molecule has 1 nitrogen and oxygen atoms in total. The number of rotatable bonds is 5. The van der Waals surface area contributed by atoms with Crippen molar-refractivity contribution in [1.29, 1.82) is 0 Å². The lowest BCUT2D eigenvalue weighted by molar-refractivity contribution is 0.472. The Balaban J connectivity index is 2.57. The summed E-state index contributed by atoms with van der Waals surface area (Å²) in [6, 6.07) is 10.7. The first-order chi connectivity index (χ1) is 7.75. The van der Waals surface area contributed by atoms with E-state index in [-0.39, 0.29) is 0 Å². The monoisotopic (exact) mass is 215 g/mol. The predicted octanol–water partition coefficient (Wildman–Crippen LogP) is 3.04. The first-order valence-electron chi connectivity index (χ1n) is 5.91. The van der Waals surface area contributed by atoms with Crippen LogP contribution in [0.25, 0.3) is 0 Å². The summed E-state index contributed by atoms with van der Waals surface area (Å²) in [6.07, 6.45) is 0. The zero-order chi connectivity index (χ0) is 11.8. The molecule has 0 aliphatic carbocycles. The highest BCUT2D eigenvalue weighted by molar-refractivity contribution is 5.20. The Morgan fingerprint density at radius 3 is 2.44 bits per heavy atom. The van der Waals surface area contributed by atoms with Crippen molar-refractivity contribution in [3.63, 3.8) is 0 Å². The van der Waals surface area contributed by atoms with Crippen molar-refractivity contribution in [3.05, 3.63) is 35.9 Å². The molecule has 86 valence electrons. The number of benzene rings is 1. The fourth-order valence-electron chi connectivity index (χ4n) is 1.82. The van der Waals surface area contributed by atoms with E-state index < -0.39 is 0 Å². The maximum Gasteiger partial charge on any atom is 0.0576 e. The second-order valence-electron chi connectivity index (χ2n) is 4.32. The summed E-state index contributed by atoms with van der Waals surface area (Å²) in [5.74, 6) is 7.14. The summed E-state index contributed by atoms with van der Waals surface area (Å²) in [5, 5.41) is 3.39. The largest absolute Gasteiger partial charge is 0.306 e. The highest BCUT2D eigenvalue weighted by Gasteiger charge is 2.14. The molecular weight excluding hydrogens is 194 g/mol. The third kappa shape index (κ3) is 4.08. The number of nitrogens with one attached hydrogen (secondary N) is 1. The van der Waals surface area contributed by atoms with E-state index in [9.17, 15) is 0 Å². The molecule has 0 radical (unpaired) electrons. The maximum atomic E-state index is 3.39.